The molecule has 1 aromatic heterocycles. The Bertz CT molecular complexity index is 384. The molecule has 94 valence electrons. The number of rotatable bonds is 3. The van der Waals surface area contributed by atoms with Gasteiger partial charge in [-0.2, -0.15) is 0 Å². The van der Waals surface area contributed by atoms with E-state index in [-0.39, 0.29) is 6.61 Å². The van der Waals surface area contributed by atoms with Crippen LogP contribution in [0.1, 0.15) is 31.2 Å². The smallest absolute Gasteiger partial charge is 0.140 e. The van der Waals surface area contributed by atoms with Crippen LogP contribution in [0, 0.1) is 12.8 Å². The van der Waals surface area contributed by atoms with E-state index in [1.165, 1.54) is 12.8 Å². The SMILES string of the molecule is Cc1cnc(NC2CCCCC2CO)c(Br)c1. The maximum absolute atomic E-state index is 9.38. The molecular weight excluding hydrogens is 280 g/mol. The minimum atomic E-state index is 0.265. The molecule has 0 amide bonds. The van der Waals surface area contributed by atoms with Gasteiger partial charge in [0.2, 0.25) is 0 Å². The minimum absolute atomic E-state index is 0.265. The molecule has 0 saturated heterocycles. The number of halogens is 1. The highest BCUT2D eigenvalue weighted by Crippen LogP contribution is 2.29. The monoisotopic (exact) mass is 298 g/mol. The molecule has 4 heteroatoms. The second-order valence-electron chi connectivity index (χ2n) is 4.82. The molecule has 0 radical (unpaired) electrons. The molecule has 2 unspecified atom stereocenters. The van der Waals surface area contributed by atoms with Crippen LogP contribution in [0.2, 0.25) is 0 Å². The Morgan fingerprint density at radius 3 is 2.94 bits per heavy atom. The highest BCUT2D eigenvalue weighted by molar-refractivity contribution is 9.10. The van der Waals surface area contributed by atoms with Crippen LogP contribution in [0.15, 0.2) is 16.7 Å². The predicted molar refractivity (Wildman–Crippen MR) is 73.1 cm³/mol. The predicted octanol–water partition coefficient (Wildman–Crippen LogP) is 3.12. The summed E-state index contributed by atoms with van der Waals surface area (Å²) in [7, 11) is 0. The van der Waals surface area contributed by atoms with Gasteiger partial charge in [-0.1, -0.05) is 12.8 Å². The second kappa shape index (κ2) is 5.83. The van der Waals surface area contributed by atoms with Gasteiger partial charge in [-0.25, -0.2) is 4.98 Å². The molecule has 0 aromatic carbocycles. The summed E-state index contributed by atoms with van der Waals surface area (Å²) in [6.07, 6.45) is 6.55. The van der Waals surface area contributed by atoms with Gasteiger partial charge >= 0.3 is 0 Å². The number of aryl methyl sites for hydroxylation is 1. The van der Waals surface area contributed by atoms with Gasteiger partial charge in [0, 0.05) is 24.8 Å². The molecule has 0 aliphatic heterocycles. The molecule has 1 heterocycles. The van der Waals surface area contributed by atoms with E-state index < -0.39 is 0 Å². The summed E-state index contributed by atoms with van der Waals surface area (Å²) >= 11 is 3.53. The lowest BCUT2D eigenvalue weighted by Crippen LogP contribution is -2.34. The van der Waals surface area contributed by atoms with Gasteiger partial charge in [0.15, 0.2) is 0 Å². The summed E-state index contributed by atoms with van der Waals surface area (Å²) in [6.45, 7) is 2.29. The number of anilines is 1. The van der Waals surface area contributed by atoms with Crippen LogP contribution in [0.3, 0.4) is 0 Å². The fourth-order valence-electron chi connectivity index (χ4n) is 2.43. The molecule has 2 atom stereocenters. The lowest BCUT2D eigenvalue weighted by atomic mass is 9.85. The van der Waals surface area contributed by atoms with E-state index in [1.54, 1.807) is 0 Å². The third-order valence-corrected chi connectivity index (χ3v) is 4.05. The lowest BCUT2D eigenvalue weighted by Gasteiger charge is -2.31. The van der Waals surface area contributed by atoms with E-state index in [0.29, 0.717) is 12.0 Å². The van der Waals surface area contributed by atoms with E-state index in [2.05, 4.69) is 32.3 Å². The largest absolute Gasteiger partial charge is 0.396 e. The molecule has 1 aliphatic carbocycles. The van der Waals surface area contributed by atoms with E-state index >= 15 is 0 Å². The molecule has 0 bridgehead atoms. The zero-order chi connectivity index (χ0) is 12.3. The van der Waals surface area contributed by atoms with Crippen molar-refractivity contribution in [1.82, 2.24) is 4.98 Å². The Balaban J connectivity index is 2.08. The van der Waals surface area contributed by atoms with Gasteiger partial charge in [-0.3, -0.25) is 0 Å². The Hall–Kier alpha value is -0.610. The summed E-state index contributed by atoms with van der Waals surface area (Å²) in [5, 5.41) is 12.8. The van der Waals surface area contributed by atoms with Gasteiger partial charge in [0.05, 0.1) is 4.47 Å². The zero-order valence-electron chi connectivity index (χ0n) is 10.1. The zero-order valence-corrected chi connectivity index (χ0v) is 11.7. The normalized spacial score (nSPS) is 24.6. The third kappa shape index (κ3) is 3.19. The lowest BCUT2D eigenvalue weighted by molar-refractivity contribution is 0.178. The number of pyridine rings is 1. The molecular formula is C13H19BrN2O. The van der Waals surface area contributed by atoms with Crippen molar-refractivity contribution in [3.05, 3.63) is 22.3 Å². The van der Waals surface area contributed by atoms with Gasteiger partial charge < -0.3 is 10.4 Å². The van der Waals surface area contributed by atoms with Crippen molar-refractivity contribution in [3.63, 3.8) is 0 Å². The number of aliphatic hydroxyl groups is 1. The van der Waals surface area contributed by atoms with Crippen molar-refractivity contribution in [2.45, 2.75) is 38.6 Å². The van der Waals surface area contributed by atoms with Crippen molar-refractivity contribution in [3.8, 4) is 0 Å². The number of hydrogen-bond donors (Lipinski definition) is 2. The van der Waals surface area contributed by atoms with Crippen molar-refractivity contribution in [2.24, 2.45) is 5.92 Å². The highest BCUT2D eigenvalue weighted by atomic mass is 79.9. The topological polar surface area (TPSA) is 45.2 Å². The molecule has 1 fully saturated rings. The number of hydrogen-bond acceptors (Lipinski definition) is 3. The van der Waals surface area contributed by atoms with Gasteiger partial charge in [-0.05, 0) is 47.3 Å². The van der Waals surface area contributed by atoms with Crippen LogP contribution in [-0.2, 0) is 0 Å². The summed E-state index contributed by atoms with van der Waals surface area (Å²) in [4.78, 5) is 4.40. The maximum Gasteiger partial charge on any atom is 0.140 e. The van der Waals surface area contributed by atoms with E-state index in [0.717, 1.165) is 28.7 Å². The summed E-state index contributed by atoms with van der Waals surface area (Å²) in [5.41, 5.74) is 1.14. The number of aliphatic hydroxyl groups excluding tert-OH is 1. The van der Waals surface area contributed by atoms with Gasteiger partial charge in [0.1, 0.15) is 5.82 Å². The van der Waals surface area contributed by atoms with Gasteiger partial charge in [-0.15, -0.1) is 0 Å². The van der Waals surface area contributed by atoms with Crippen LogP contribution in [-0.4, -0.2) is 22.7 Å². The number of aromatic nitrogens is 1. The Morgan fingerprint density at radius 2 is 2.24 bits per heavy atom. The first-order chi connectivity index (χ1) is 8.20. The molecule has 3 nitrogen and oxygen atoms in total. The minimum Gasteiger partial charge on any atom is -0.396 e. The van der Waals surface area contributed by atoms with Crippen molar-refractivity contribution in [1.29, 1.82) is 0 Å². The van der Waals surface area contributed by atoms with Gasteiger partial charge in [0.25, 0.3) is 0 Å². The fourth-order valence-corrected chi connectivity index (χ4v) is 3.01. The first kappa shape index (κ1) is 12.8. The quantitative estimate of drug-likeness (QED) is 0.901. The standard InChI is InChI=1S/C13H19BrN2O/c1-9-6-11(14)13(15-7-9)16-12-5-3-2-4-10(12)8-17/h6-7,10,12,17H,2-5,8H2,1H3,(H,15,16). The second-order valence-corrected chi connectivity index (χ2v) is 5.68. The van der Waals surface area contributed by atoms with Crippen molar-refractivity contribution < 1.29 is 5.11 Å². The molecule has 1 aromatic rings. The summed E-state index contributed by atoms with van der Waals surface area (Å²) < 4.78 is 1.000. The highest BCUT2D eigenvalue weighted by Gasteiger charge is 2.24. The Kier molecular flexibility index (Phi) is 4.40. The number of nitrogens with zero attached hydrogens (tertiary/aromatic N) is 1. The van der Waals surface area contributed by atoms with Crippen molar-refractivity contribution >= 4 is 21.7 Å². The van der Waals surface area contributed by atoms with Crippen LogP contribution in [0.4, 0.5) is 5.82 Å². The molecule has 1 aliphatic rings. The molecule has 2 N–H and O–H groups in total. The van der Waals surface area contributed by atoms with Crippen LogP contribution in [0.25, 0.3) is 0 Å². The van der Waals surface area contributed by atoms with E-state index in [4.69, 9.17) is 0 Å². The first-order valence-electron chi connectivity index (χ1n) is 6.20. The fraction of sp³-hybridized carbons (Fsp3) is 0.615. The van der Waals surface area contributed by atoms with Crippen LogP contribution >= 0.6 is 15.9 Å². The summed E-state index contributed by atoms with van der Waals surface area (Å²) in [6, 6.07) is 2.41. The van der Waals surface area contributed by atoms with E-state index in [9.17, 15) is 5.11 Å². The number of nitrogens with one attached hydrogen (secondary N) is 1. The average molecular weight is 299 g/mol. The van der Waals surface area contributed by atoms with Crippen LogP contribution in [0.5, 0.6) is 0 Å². The average Bonchev–Trinajstić information content (AvgIpc) is 2.33. The summed E-state index contributed by atoms with van der Waals surface area (Å²) in [5.74, 6) is 1.25. The maximum atomic E-state index is 9.38. The molecule has 0 spiro atoms. The van der Waals surface area contributed by atoms with Crippen molar-refractivity contribution in [2.75, 3.05) is 11.9 Å². The van der Waals surface area contributed by atoms with Crippen LogP contribution < -0.4 is 5.32 Å². The molecule has 17 heavy (non-hydrogen) atoms. The molecule has 1 saturated carbocycles. The Labute approximate surface area is 111 Å². The van der Waals surface area contributed by atoms with E-state index in [1.807, 2.05) is 13.1 Å². The third-order valence-electron chi connectivity index (χ3n) is 3.44. The molecule has 2 rings (SSSR count). The first-order valence-corrected chi connectivity index (χ1v) is 6.99. The Morgan fingerprint density at radius 1 is 1.47 bits per heavy atom.